The van der Waals surface area contributed by atoms with Crippen LogP contribution in [-0.2, 0) is 28.6 Å². The van der Waals surface area contributed by atoms with Crippen molar-refractivity contribution in [3.8, 4) is 12.3 Å². The van der Waals surface area contributed by atoms with Crippen LogP contribution in [0.15, 0.2) is 24.3 Å². The van der Waals surface area contributed by atoms with Gasteiger partial charge in [0.05, 0.1) is 13.2 Å². The summed E-state index contributed by atoms with van der Waals surface area (Å²) in [6, 6.07) is 6.98. The van der Waals surface area contributed by atoms with Gasteiger partial charge in [-0.15, -0.1) is 6.42 Å². The molecule has 188 valence electrons. The molecule has 1 aliphatic carbocycles. The van der Waals surface area contributed by atoms with Crippen LogP contribution in [0.3, 0.4) is 0 Å². The zero-order chi connectivity index (χ0) is 25.8. The molecule has 0 spiro atoms. The Bertz CT molecular complexity index is 1030. The molecular weight excluding hydrogens is 456 g/mol. The zero-order valence-electron chi connectivity index (χ0n) is 19.9. The third-order valence-corrected chi connectivity index (χ3v) is 5.55. The smallest absolute Gasteiger partial charge is 0.407 e. The first-order valence-electron chi connectivity index (χ1n) is 11.1. The SMILES string of the molecule is C#Cc1ccc(C2OC[C@H](C(=O)NCC(=O)NC3(C(N)=O)CC3CNC(=O)OC(C)(C)C)O2)cc1. The van der Waals surface area contributed by atoms with Crippen molar-refractivity contribution in [2.24, 2.45) is 11.7 Å². The molecule has 11 heteroatoms. The molecule has 5 N–H and O–H groups in total. The van der Waals surface area contributed by atoms with Crippen molar-refractivity contribution >= 4 is 23.8 Å². The molecular formula is C24H30N4O7. The number of hydrogen-bond acceptors (Lipinski definition) is 7. The molecule has 2 aliphatic rings. The summed E-state index contributed by atoms with van der Waals surface area (Å²) in [5.74, 6) is 0.269. The third kappa shape index (κ3) is 6.71. The van der Waals surface area contributed by atoms with Gasteiger partial charge in [0.15, 0.2) is 12.4 Å². The summed E-state index contributed by atoms with van der Waals surface area (Å²) in [4.78, 5) is 48.6. The van der Waals surface area contributed by atoms with Gasteiger partial charge in [-0.1, -0.05) is 18.1 Å². The number of terminal acetylenes is 1. The van der Waals surface area contributed by atoms with E-state index >= 15 is 0 Å². The molecule has 4 atom stereocenters. The molecule has 1 saturated carbocycles. The molecule has 1 aromatic rings. The molecule has 4 amide bonds. The minimum atomic E-state index is -1.29. The van der Waals surface area contributed by atoms with Crippen molar-refractivity contribution in [3.63, 3.8) is 0 Å². The van der Waals surface area contributed by atoms with Crippen molar-refractivity contribution in [2.45, 2.75) is 50.7 Å². The normalized spacial score (nSPS) is 25.1. The fourth-order valence-electron chi connectivity index (χ4n) is 3.64. The van der Waals surface area contributed by atoms with E-state index in [9.17, 15) is 19.2 Å². The summed E-state index contributed by atoms with van der Waals surface area (Å²) in [6.07, 6.45) is 3.34. The summed E-state index contributed by atoms with van der Waals surface area (Å²) in [5.41, 5.74) is 4.95. The maximum Gasteiger partial charge on any atom is 0.407 e. The monoisotopic (exact) mass is 486 g/mol. The molecule has 3 unspecified atom stereocenters. The van der Waals surface area contributed by atoms with Crippen LogP contribution in [0.1, 0.15) is 44.6 Å². The minimum absolute atomic E-state index is 0.0125. The van der Waals surface area contributed by atoms with Gasteiger partial charge >= 0.3 is 6.09 Å². The topological polar surface area (TPSA) is 158 Å². The van der Waals surface area contributed by atoms with Crippen LogP contribution in [0, 0.1) is 18.3 Å². The van der Waals surface area contributed by atoms with E-state index in [4.69, 9.17) is 26.4 Å². The highest BCUT2D eigenvalue weighted by Gasteiger charge is 2.60. The molecule has 11 nitrogen and oxygen atoms in total. The summed E-state index contributed by atoms with van der Waals surface area (Å²) in [7, 11) is 0. The number of carbonyl (C=O) groups is 4. The maximum atomic E-state index is 12.4. The van der Waals surface area contributed by atoms with Crippen molar-refractivity contribution in [3.05, 3.63) is 35.4 Å². The molecule has 3 rings (SSSR count). The lowest BCUT2D eigenvalue weighted by Gasteiger charge is -2.20. The molecule has 1 saturated heterocycles. The van der Waals surface area contributed by atoms with E-state index in [0.29, 0.717) is 11.1 Å². The standard InChI is InChI=1S/C24H30N4O7/c1-5-14-6-8-15(9-7-14)20-33-13-17(34-20)19(30)26-12-18(29)28-24(21(25)31)10-16(24)11-27-22(32)35-23(2,3)4/h1,6-9,16-17,20H,10-13H2,2-4H3,(H2,25,31)(H,26,30)(H,27,32)(H,28,29)/t16?,17-,20?,24?/m1/s1. The predicted molar refractivity (Wildman–Crippen MR) is 123 cm³/mol. The first-order chi connectivity index (χ1) is 16.4. The molecule has 0 radical (unpaired) electrons. The highest BCUT2D eigenvalue weighted by Crippen LogP contribution is 2.42. The minimum Gasteiger partial charge on any atom is -0.444 e. The second kappa shape index (κ2) is 10.3. The Morgan fingerprint density at radius 1 is 1.20 bits per heavy atom. The number of carbonyl (C=O) groups excluding carboxylic acids is 4. The Hall–Kier alpha value is -3.62. The highest BCUT2D eigenvalue weighted by atomic mass is 16.7. The van der Waals surface area contributed by atoms with Gasteiger partial charge in [0.1, 0.15) is 11.1 Å². The Labute approximate surface area is 203 Å². The van der Waals surface area contributed by atoms with E-state index in [1.807, 2.05) is 0 Å². The average molecular weight is 487 g/mol. The van der Waals surface area contributed by atoms with Crippen LogP contribution in [0.2, 0.25) is 0 Å². The summed E-state index contributed by atoms with van der Waals surface area (Å²) < 4.78 is 16.3. The second-order valence-corrected chi connectivity index (χ2v) is 9.44. The molecule has 1 aliphatic heterocycles. The van der Waals surface area contributed by atoms with Crippen LogP contribution in [0.25, 0.3) is 0 Å². The second-order valence-electron chi connectivity index (χ2n) is 9.44. The lowest BCUT2D eigenvalue weighted by molar-refractivity contribution is -0.136. The van der Waals surface area contributed by atoms with Gasteiger partial charge in [0, 0.05) is 23.6 Å². The van der Waals surface area contributed by atoms with Gasteiger partial charge < -0.3 is 35.9 Å². The van der Waals surface area contributed by atoms with E-state index in [1.165, 1.54) is 0 Å². The summed E-state index contributed by atoms with van der Waals surface area (Å²) in [6.45, 7) is 4.91. The fourth-order valence-corrected chi connectivity index (χ4v) is 3.64. The van der Waals surface area contributed by atoms with Crippen molar-refractivity contribution < 1.29 is 33.4 Å². The molecule has 0 aromatic heterocycles. The number of benzene rings is 1. The van der Waals surface area contributed by atoms with Gasteiger partial charge in [0.25, 0.3) is 5.91 Å². The van der Waals surface area contributed by atoms with Gasteiger partial charge in [0.2, 0.25) is 11.8 Å². The van der Waals surface area contributed by atoms with Crippen LogP contribution >= 0.6 is 0 Å². The number of ether oxygens (including phenoxy) is 3. The van der Waals surface area contributed by atoms with Crippen LogP contribution in [0.4, 0.5) is 4.79 Å². The first kappa shape index (κ1) is 26.0. The van der Waals surface area contributed by atoms with Crippen molar-refractivity contribution in [2.75, 3.05) is 19.7 Å². The van der Waals surface area contributed by atoms with Gasteiger partial charge in [-0.05, 0) is 39.3 Å². The van der Waals surface area contributed by atoms with E-state index in [1.54, 1.807) is 45.0 Å². The molecule has 35 heavy (non-hydrogen) atoms. The number of amides is 4. The first-order valence-corrected chi connectivity index (χ1v) is 11.1. The van der Waals surface area contributed by atoms with Crippen LogP contribution in [-0.4, -0.2) is 60.8 Å². The molecule has 1 aromatic carbocycles. The average Bonchev–Trinajstić information content (AvgIpc) is 3.26. The fraction of sp³-hybridized carbons (Fsp3) is 0.500. The van der Waals surface area contributed by atoms with Crippen LogP contribution in [0.5, 0.6) is 0 Å². The Morgan fingerprint density at radius 3 is 2.49 bits per heavy atom. The van der Waals surface area contributed by atoms with Gasteiger partial charge in [-0.2, -0.15) is 0 Å². The molecule has 2 fully saturated rings. The Morgan fingerprint density at radius 2 is 1.89 bits per heavy atom. The summed E-state index contributed by atoms with van der Waals surface area (Å²) in [5, 5.41) is 7.61. The largest absolute Gasteiger partial charge is 0.444 e. The van der Waals surface area contributed by atoms with E-state index in [-0.39, 0.29) is 32.0 Å². The lowest BCUT2D eigenvalue weighted by Crippen LogP contribution is -2.53. The zero-order valence-corrected chi connectivity index (χ0v) is 19.9. The van der Waals surface area contributed by atoms with E-state index < -0.39 is 47.3 Å². The number of nitrogens with two attached hydrogens (primary N) is 1. The number of alkyl carbamates (subject to hydrolysis) is 1. The predicted octanol–water partition coefficient (Wildman–Crippen LogP) is 0.0830. The van der Waals surface area contributed by atoms with Gasteiger partial charge in [-0.3, -0.25) is 14.4 Å². The maximum absolute atomic E-state index is 12.4. The van der Waals surface area contributed by atoms with Crippen molar-refractivity contribution in [1.82, 2.24) is 16.0 Å². The quantitative estimate of drug-likeness (QED) is 0.379. The van der Waals surface area contributed by atoms with E-state index in [2.05, 4.69) is 21.9 Å². The highest BCUT2D eigenvalue weighted by molar-refractivity contribution is 5.95. The number of rotatable bonds is 8. The van der Waals surface area contributed by atoms with Crippen molar-refractivity contribution in [1.29, 1.82) is 0 Å². The number of hydrogen-bond donors (Lipinski definition) is 4. The summed E-state index contributed by atoms with van der Waals surface area (Å²) >= 11 is 0. The third-order valence-electron chi connectivity index (χ3n) is 5.55. The number of primary amides is 1. The van der Waals surface area contributed by atoms with Crippen LogP contribution < -0.4 is 21.7 Å². The lowest BCUT2D eigenvalue weighted by atomic mass is 10.1. The molecule has 1 heterocycles. The Balaban J connectivity index is 1.44. The van der Waals surface area contributed by atoms with E-state index in [0.717, 1.165) is 0 Å². The molecule has 0 bridgehead atoms. The number of nitrogens with one attached hydrogen (secondary N) is 3. The Kier molecular flexibility index (Phi) is 7.67. The van der Waals surface area contributed by atoms with Gasteiger partial charge in [-0.25, -0.2) is 4.79 Å².